The van der Waals surface area contributed by atoms with Crippen LogP contribution >= 0.6 is 63.7 Å². The average Bonchev–Trinajstić information content (AvgIpc) is 3.23. The molecule has 0 aromatic heterocycles. The fourth-order valence-corrected chi connectivity index (χ4v) is 7.72. The van der Waals surface area contributed by atoms with Crippen LogP contribution in [0.4, 0.5) is 22.4 Å². The summed E-state index contributed by atoms with van der Waals surface area (Å²) in [5.41, 5.74) is -2.19. The Kier molecular flexibility index (Phi) is 34.4. The number of halogens is 8. The molecule has 1 heterocycles. The second kappa shape index (κ2) is 34.1. The molecular formula is C40H40B10Br4F4N4O8S. The van der Waals surface area contributed by atoms with E-state index in [1.165, 1.54) is 80.4 Å². The highest BCUT2D eigenvalue weighted by Gasteiger charge is 2.43. The first-order valence-electron chi connectivity index (χ1n) is 19.3. The van der Waals surface area contributed by atoms with Crippen molar-refractivity contribution in [1.29, 1.82) is 0 Å². The van der Waals surface area contributed by atoms with Crippen LogP contribution in [-0.2, 0) is 20.3 Å². The van der Waals surface area contributed by atoms with Crippen LogP contribution in [0.3, 0.4) is 0 Å². The Bertz CT molecular complexity index is 2480. The first-order chi connectivity index (χ1) is 32.1. The van der Waals surface area contributed by atoms with Crippen LogP contribution in [0.1, 0.15) is 71.3 Å². The molecule has 12 nitrogen and oxygen atoms in total. The van der Waals surface area contributed by atoms with Gasteiger partial charge in [0.2, 0.25) is 16.0 Å². The van der Waals surface area contributed by atoms with E-state index in [0.29, 0.717) is 17.9 Å². The number of carbonyl (C=O) groups excluding carboxylic acids is 3. The maximum absolute atomic E-state index is 14.3. The number of alkyl carbamates (subject to hydrolysis) is 1. The number of amides is 2. The van der Waals surface area contributed by atoms with Gasteiger partial charge in [0.05, 0.1) is 22.4 Å². The molecule has 31 heteroatoms. The molecule has 1 atom stereocenters. The van der Waals surface area contributed by atoms with Gasteiger partial charge in [-0.2, -0.15) is 0 Å². The second-order valence-corrected chi connectivity index (χ2v) is 20.6. The molecule has 4 aromatic carbocycles. The first-order valence-corrected chi connectivity index (χ1v) is 24.1. The van der Waals surface area contributed by atoms with Crippen molar-refractivity contribution in [3.8, 4) is 0 Å². The lowest BCUT2D eigenvalue weighted by Crippen LogP contribution is -2.54. The van der Waals surface area contributed by atoms with Gasteiger partial charge >= 0.3 is 12.1 Å². The predicted molar refractivity (Wildman–Crippen MR) is 295 cm³/mol. The number of nitrogens with one attached hydrogen (secondary N) is 1. The number of guanidine groups is 1. The lowest BCUT2D eigenvalue weighted by molar-refractivity contribution is 0.0557. The van der Waals surface area contributed by atoms with E-state index in [2.05, 4.69) is 128 Å². The second-order valence-electron chi connectivity index (χ2n) is 14.9. The third-order valence-electron chi connectivity index (χ3n) is 7.68. The molecule has 1 aliphatic heterocycles. The number of aliphatic imine (C=N–C) groups is 1. The van der Waals surface area contributed by atoms with Crippen molar-refractivity contribution in [3.63, 3.8) is 0 Å². The van der Waals surface area contributed by atoms with Gasteiger partial charge < -0.3 is 14.7 Å². The molecule has 0 fully saturated rings. The maximum atomic E-state index is 14.3. The number of sulfonamides is 1. The van der Waals surface area contributed by atoms with Crippen molar-refractivity contribution in [2.75, 3.05) is 26.9 Å². The summed E-state index contributed by atoms with van der Waals surface area (Å²) in [6.07, 6.45) is -1.52. The van der Waals surface area contributed by atoms with E-state index in [1.54, 1.807) is 47.0 Å². The van der Waals surface area contributed by atoms with Gasteiger partial charge in [-0.05, 0) is 107 Å². The number of benzene rings is 4. The third kappa shape index (κ3) is 27.4. The number of carboxylic acid groups (broad SMARTS) is 1. The van der Waals surface area contributed by atoms with Gasteiger partial charge in [-0.15, -0.1) is 0 Å². The number of hydrogen-bond donors (Lipinski definition) is 2. The van der Waals surface area contributed by atoms with Gasteiger partial charge in [0.25, 0.3) is 5.91 Å². The third-order valence-corrected chi connectivity index (χ3v) is 11.6. The average molecular weight is 1240 g/mol. The van der Waals surface area contributed by atoms with E-state index >= 15 is 0 Å². The van der Waals surface area contributed by atoms with Crippen LogP contribution in [0, 0.1) is 23.3 Å². The summed E-state index contributed by atoms with van der Waals surface area (Å²) in [4.78, 5) is 50.1. The summed E-state index contributed by atoms with van der Waals surface area (Å²) < 4.78 is 86.5. The Morgan fingerprint density at radius 3 is 1.49 bits per heavy atom. The molecule has 0 spiro atoms. The first kappa shape index (κ1) is 71.7. The van der Waals surface area contributed by atoms with E-state index in [4.69, 9.17) is 9.84 Å². The standard InChI is InChI=1S/C16H21BrFN3O4S.C9H9BrFNO.C8H6BrFO.C7H4BrFO2.B4.B3.B2.B/c1-15(2,3)25-14(22)19-13-20-16(4,9-26(23,24)21(13)5)11-8-10(17)6-7-12(11)18;1-12(2)9(13)7-5-6(10)3-4-8(7)11;1-5(11)7-4-6(9)2-3-8(7)10;8-4-1-2-6(9)5(3-4)7(10)11;1-4(2)3;1-3-2;1-2;/h6-8H,9H2,1-5H3,(H,19,20,22);3-5H,1-2H3;2-4H,1H3;1-3H,(H,10,11);;;;/t16-;;;;;;;/m0......./s1. The van der Waals surface area contributed by atoms with Crippen molar-refractivity contribution in [2.24, 2.45) is 4.99 Å². The number of rotatable bonds is 4. The Labute approximate surface area is 459 Å². The van der Waals surface area contributed by atoms with Crippen molar-refractivity contribution >= 4 is 179 Å². The largest absolute Gasteiger partial charge is 0.478 e. The molecule has 5 rings (SSSR count). The minimum absolute atomic E-state index is 0. The molecular weight excluding hydrogens is 1200 g/mol. The number of ether oxygens (including phenoxy) is 1. The summed E-state index contributed by atoms with van der Waals surface area (Å²) >= 11 is 12.6. The van der Waals surface area contributed by atoms with Crippen molar-refractivity contribution in [2.45, 2.75) is 45.8 Å². The summed E-state index contributed by atoms with van der Waals surface area (Å²) in [6, 6.07) is 16.6. The quantitative estimate of drug-likeness (QED) is 0.133. The summed E-state index contributed by atoms with van der Waals surface area (Å²) in [5, 5.41) is 10.8. The summed E-state index contributed by atoms with van der Waals surface area (Å²) in [7, 11) is 32.6. The van der Waals surface area contributed by atoms with Crippen LogP contribution in [0.15, 0.2) is 95.7 Å². The zero-order valence-corrected chi connectivity index (χ0v) is 46.6. The van der Waals surface area contributed by atoms with Crippen LogP contribution in [0.2, 0.25) is 0 Å². The van der Waals surface area contributed by atoms with Crippen LogP contribution in [-0.4, -0.2) is 161 Å². The van der Waals surface area contributed by atoms with Crippen molar-refractivity contribution < 1.29 is 55.0 Å². The predicted octanol–water partition coefficient (Wildman–Crippen LogP) is 6.52. The monoisotopic (exact) mass is 1240 g/mol. The van der Waals surface area contributed by atoms with E-state index < -0.39 is 68.6 Å². The molecule has 4 aromatic rings. The fourth-order valence-electron chi connectivity index (χ4n) is 4.80. The van der Waals surface area contributed by atoms with E-state index in [-0.39, 0.29) is 48.3 Å². The topological polar surface area (TPSA) is 163 Å². The fraction of sp³-hybridized carbons (Fsp3) is 0.275. The molecule has 0 unspecified atom stereocenters. The minimum atomic E-state index is -3.84. The normalized spacial score (nSPS) is 13.6. The molecule has 1 aliphatic rings. The molecule has 360 valence electrons. The summed E-state index contributed by atoms with van der Waals surface area (Å²) in [5.74, 6) is -4.80. The van der Waals surface area contributed by atoms with Crippen molar-refractivity contribution in [3.05, 3.63) is 136 Å². The molecule has 2 N–H and O–H groups in total. The van der Waals surface area contributed by atoms with Crippen LogP contribution in [0.5, 0.6) is 0 Å². The molecule has 0 bridgehead atoms. The van der Waals surface area contributed by atoms with Gasteiger partial charge in [-0.25, -0.2) is 44.9 Å². The number of ketones is 1. The minimum Gasteiger partial charge on any atom is -0.478 e. The van der Waals surface area contributed by atoms with E-state index in [1.807, 2.05) is 0 Å². The zero-order valence-electron chi connectivity index (χ0n) is 39.5. The number of carbonyl (C=O) groups is 4. The Morgan fingerprint density at radius 2 is 1.14 bits per heavy atom. The summed E-state index contributed by atoms with van der Waals surface area (Å²) in [6.45, 7) is 7.87. The number of hydrogen-bond acceptors (Lipinski definition) is 8. The Morgan fingerprint density at radius 1 is 0.789 bits per heavy atom. The van der Waals surface area contributed by atoms with E-state index in [9.17, 15) is 45.2 Å². The Balaban J connectivity index is -0.000000870. The smallest absolute Gasteiger partial charge is 0.414 e. The molecule has 0 saturated heterocycles. The van der Waals surface area contributed by atoms with Crippen LogP contribution < -0.4 is 5.32 Å². The van der Waals surface area contributed by atoms with Gasteiger partial charge in [0.15, 0.2) is 5.78 Å². The van der Waals surface area contributed by atoms with Gasteiger partial charge in [0, 0.05) is 121 Å². The zero-order chi connectivity index (χ0) is 55.1. The highest BCUT2D eigenvalue weighted by atomic mass is 79.9. The lowest BCUT2D eigenvalue weighted by atomic mass is 9.08. The lowest BCUT2D eigenvalue weighted by Gasteiger charge is -2.36. The molecule has 71 heavy (non-hydrogen) atoms. The molecule has 18 radical (unpaired) electrons. The van der Waals surface area contributed by atoms with Crippen LogP contribution in [0.25, 0.3) is 0 Å². The van der Waals surface area contributed by atoms with E-state index in [0.717, 1.165) is 17.4 Å². The molecule has 0 saturated carbocycles. The molecule has 2 amide bonds. The van der Waals surface area contributed by atoms with Crippen molar-refractivity contribution in [1.82, 2.24) is 14.5 Å². The number of nitrogens with zero attached hydrogens (tertiary/aromatic N) is 3. The maximum Gasteiger partial charge on any atom is 0.414 e. The molecule has 0 aliphatic carbocycles. The van der Waals surface area contributed by atoms with Gasteiger partial charge in [-0.1, -0.05) is 63.7 Å². The number of aromatic carboxylic acids is 1. The van der Waals surface area contributed by atoms with Gasteiger partial charge in [0.1, 0.15) is 34.4 Å². The number of carboxylic acids is 1. The van der Waals surface area contributed by atoms with Gasteiger partial charge in [-0.3, -0.25) is 14.9 Å². The SMILES string of the molecule is CC(=O)c1cc(Br)ccc1F.CN(C)C(=O)c1cc(Br)ccc1F.CN1C(NC(=O)OC(C)(C)C)=N[C@](C)(c2cc(Br)ccc2F)CS1(=O)=O.O=C(O)c1cc(Br)ccc1F.[B].[B]B([B])[B].[B][B].[B][B][B]. The highest BCUT2D eigenvalue weighted by Crippen LogP contribution is 2.35. The Hall–Kier alpha value is -3.53. The highest BCUT2D eigenvalue weighted by molar-refractivity contribution is 9.11. The number of Topliss-reactive ketones (excluding diaryl/α,β-unsaturated/α-hetero) is 1.